The van der Waals surface area contributed by atoms with Crippen LogP contribution >= 0.6 is 0 Å². The number of aryl methyl sites for hydroxylation is 2. The molecule has 16 heavy (non-hydrogen) atoms. The minimum absolute atomic E-state index is 0.0567. The zero-order chi connectivity index (χ0) is 11.9. The van der Waals surface area contributed by atoms with Crippen molar-refractivity contribution in [2.75, 3.05) is 5.73 Å². The minimum atomic E-state index is -0.321. The van der Waals surface area contributed by atoms with Crippen LogP contribution in [0.2, 0.25) is 0 Å². The fraction of sp³-hybridized carbons (Fsp3) is 0.167. The van der Waals surface area contributed by atoms with Crippen molar-refractivity contribution in [3.05, 3.63) is 39.2 Å². The molecule has 0 aliphatic carbocycles. The quantitative estimate of drug-likeness (QED) is 0.584. The van der Waals surface area contributed by atoms with Crippen LogP contribution in [0, 0.1) is 13.8 Å². The van der Waals surface area contributed by atoms with Crippen molar-refractivity contribution in [1.82, 2.24) is 0 Å². The Morgan fingerprint density at radius 1 is 1.31 bits per heavy atom. The summed E-state index contributed by atoms with van der Waals surface area (Å²) in [7, 11) is 0. The molecule has 0 aliphatic rings. The third-order valence-corrected chi connectivity index (χ3v) is 2.70. The molecule has 1 aromatic heterocycles. The number of nitrogens with two attached hydrogens (primary N) is 1. The number of anilines is 1. The molecule has 4 nitrogen and oxygen atoms in total. The molecule has 4 heteroatoms. The minimum Gasteiger partial charge on any atom is -0.460 e. The Bertz CT molecular complexity index is 641. The lowest BCUT2D eigenvalue weighted by atomic mass is 10.1. The van der Waals surface area contributed by atoms with Crippen LogP contribution in [0.15, 0.2) is 21.3 Å². The molecule has 0 saturated heterocycles. The predicted octanol–water partition coefficient (Wildman–Crippen LogP) is 1.80. The van der Waals surface area contributed by atoms with Gasteiger partial charge in [-0.25, -0.2) is 0 Å². The van der Waals surface area contributed by atoms with Gasteiger partial charge in [-0.3, -0.25) is 9.59 Å². The summed E-state index contributed by atoms with van der Waals surface area (Å²) < 4.78 is 5.41. The molecule has 0 bridgehead atoms. The van der Waals surface area contributed by atoms with Crippen LogP contribution in [0.3, 0.4) is 0 Å². The van der Waals surface area contributed by atoms with E-state index in [4.69, 9.17) is 10.2 Å². The summed E-state index contributed by atoms with van der Waals surface area (Å²) in [4.78, 5) is 22.8. The Balaban J connectivity index is 3.07. The van der Waals surface area contributed by atoms with E-state index in [1.54, 1.807) is 26.0 Å². The van der Waals surface area contributed by atoms with Gasteiger partial charge in [0.15, 0.2) is 6.29 Å². The van der Waals surface area contributed by atoms with Crippen molar-refractivity contribution in [3.63, 3.8) is 0 Å². The molecule has 0 radical (unpaired) electrons. The molecule has 2 N–H and O–H groups in total. The molecular weight excluding hydrogens is 206 g/mol. The van der Waals surface area contributed by atoms with E-state index in [9.17, 15) is 9.59 Å². The molecule has 0 saturated carbocycles. The summed E-state index contributed by atoms with van der Waals surface area (Å²) >= 11 is 0. The Morgan fingerprint density at radius 3 is 2.62 bits per heavy atom. The molecular formula is C12H11NO3. The van der Waals surface area contributed by atoms with Crippen LogP contribution < -0.4 is 11.2 Å². The van der Waals surface area contributed by atoms with Crippen molar-refractivity contribution < 1.29 is 9.21 Å². The third kappa shape index (κ3) is 1.31. The van der Waals surface area contributed by atoms with Crippen LogP contribution in [0.4, 0.5) is 5.69 Å². The van der Waals surface area contributed by atoms with Crippen LogP contribution in [0.1, 0.15) is 21.7 Å². The Morgan fingerprint density at radius 2 is 2.00 bits per heavy atom. The van der Waals surface area contributed by atoms with Crippen LogP contribution in [0.25, 0.3) is 11.0 Å². The van der Waals surface area contributed by atoms with Gasteiger partial charge in [-0.2, -0.15) is 0 Å². The van der Waals surface area contributed by atoms with Gasteiger partial charge in [0.05, 0.1) is 5.39 Å². The van der Waals surface area contributed by atoms with Crippen LogP contribution in [0.5, 0.6) is 0 Å². The van der Waals surface area contributed by atoms with Crippen molar-refractivity contribution >= 4 is 22.9 Å². The average molecular weight is 217 g/mol. The second kappa shape index (κ2) is 3.48. The molecule has 1 heterocycles. The van der Waals surface area contributed by atoms with Crippen molar-refractivity contribution in [1.29, 1.82) is 0 Å². The first-order valence-electron chi connectivity index (χ1n) is 4.84. The summed E-state index contributed by atoms with van der Waals surface area (Å²) in [6, 6.07) is 3.32. The molecule has 0 atom stereocenters. The zero-order valence-electron chi connectivity index (χ0n) is 9.03. The van der Waals surface area contributed by atoms with Gasteiger partial charge in [0, 0.05) is 5.69 Å². The molecule has 2 rings (SSSR count). The molecule has 2 aromatic rings. The topological polar surface area (TPSA) is 73.3 Å². The summed E-state index contributed by atoms with van der Waals surface area (Å²) in [5.74, 6) is 0.330. The Hall–Kier alpha value is -2.10. The van der Waals surface area contributed by atoms with Gasteiger partial charge in [-0.1, -0.05) is 0 Å². The van der Waals surface area contributed by atoms with E-state index in [0.717, 1.165) is 0 Å². The second-order valence-corrected chi connectivity index (χ2v) is 3.67. The maximum atomic E-state index is 12.0. The standard InChI is InChI=1S/C12H11NO3/c1-6-9(13)3-4-10-11(6)12(15)8(5-14)7(2)16-10/h3-5H,13H2,1-2H3. The van der Waals surface area contributed by atoms with Gasteiger partial charge < -0.3 is 10.2 Å². The Labute approximate surface area is 91.7 Å². The molecule has 82 valence electrons. The van der Waals surface area contributed by atoms with Gasteiger partial charge in [0.25, 0.3) is 0 Å². The van der Waals surface area contributed by atoms with E-state index >= 15 is 0 Å². The lowest BCUT2D eigenvalue weighted by molar-refractivity contribution is 0.112. The number of hydrogen-bond acceptors (Lipinski definition) is 4. The fourth-order valence-electron chi connectivity index (χ4n) is 1.72. The molecule has 0 amide bonds. The van der Waals surface area contributed by atoms with Gasteiger partial charge >= 0.3 is 0 Å². The number of rotatable bonds is 1. The number of benzene rings is 1. The van der Waals surface area contributed by atoms with Gasteiger partial charge in [-0.05, 0) is 31.5 Å². The average Bonchev–Trinajstić information content (AvgIpc) is 2.24. The summed E-state index contributed by atoms with van der Waals surface area (Å²) in [6.45, 7) is 3.33. The first kappa shape index (κ1) is 10.4. The highest BCUT2D eigenvalue weighted by Gasteiger charge is 2.13. The summed E-state index contributed by atoms with van der Waals surface area (Å²) in [5, 5.41) is 0.382. The molecule has 0 unspecified atom stereocenters. The maximum Gasteiger partial charge on any atom is 0.203 e. The SMILES string of the molecule is Cc1oc2ccc(N)c(C)c2c(=O)c1C=O. The summed E-state index contributed by atoms with van der Waals surface area (Å²) in [5.41, 5.74) is 7.07. The van der Waals surface area contributed by atoms with Gasteiger partial charge in [0.2, 0.25) is 5.43 Å². The zero-order valence-corrected chi connectivity index (χ0v) is 9.03. The largest absolute Gasteiger partial charge is 0.460 e. The molecule has 1 aromatic carbocycles. The maximum absolute atomic E-state index is 12.0. The Kier molecular flexibility index (Phi) is 2.27. The third-order valence-electron chi connectivity index (χ3n) is 2.70. The van der Waals surface area contributed by atoms with E-state index in [-0.39, 0.29) is 11.0 Å². The fourth-order valence-corrected chi connectivity index (χ4v) is 1.72. The number of aldehydes is 1. The lowest BCUT2D eigenvalue weighted by Gasteiger charge is -2.06. The second-order valence-electron chi connectivity index (χ2n) is 3.67. The monoisotopic (exact) mass is 217 g/mol. The number of hydrogen-bond donors (Lipinski definition) is 1. The van der Waals surface area contributed by atoms with E-state index in [2.05, 4.69) is 0 Å². The van der Waals surface area contributed by atoms with Crippen molar-refractivity contribution in [2.45, 2.75) is 13.8 Å². The molecule has 0 spiro atoms. The smallest absolute Gasteiger partial charge is 0.203 e. The van der Waals surface area contributed by atoms with E-state index in [1.807, 2.05) is 0 Å². The number of nitrogen functional groups attached to an aromatic ring is 1. The van der Waals surface area contributed by atoms with E-state index in [0.29, 0.717) is 34.3 Å². The normalized spacial score (nSPS) is 10.6. The van der Waals surface area contributed by atoms with E-state index < -0.39 is 0 Å². The first-order chi connectivity index (χ1) is 7.56. The first-order valence-corrected chi connectivity index (χ1v) is 4.84. The van der Waals surface area contributed by atoms with Gasteiger partial charge in [0.1, 0.15) is 16.9 Å². The number of carbonyl (C=O) groups excluding carboxylic acids is 1. The van der Waals surface area contributed by atoms with Crippen LogP contribution in [-0.4, -0.2) is 6.29 Å². The molecule has 0 aliphatic heterocycles. The summed E-state index contributed by atoms with van der Waals surface area (Å²) in [6.07, 6.45) is 0.517. The van der Waals surface area contributed by atoms with Gasteiger partial charge in [-0.15, -0.1) is 0 Å². The highest BCUT2D eigenvalue weighted by atomic mass is 16.3. The lowest BCUT2D eigenvalue weighted by Crippen LogP contribution is -2.12. The highest BCUT2D eigenvalue weighted by Crippen LogP contribution is 2.22. The molecule has 0 fully saturated rings. The van der Waals surface area contributed by atoms with Crippen molar-refractivity contribution in [2.24, 2.45) is 0 Å². The predicted molar refractivity (Wildman–Crippen MR) is 61.8 cm³/mol. The van der Waals surface area contributed by atoms with Crippen LogP contribution in [-0.2, 0) is 0 Å². The van der Waals surface area contributed by atoms with E-state index in [1.165, 1.54) is 0 Å². The number of carbonyl (C=O) groups is 1. The number of fused-ring (bicyclic) bond motifs is 1. The highest BCUT2D eigenvalue weighted by molar-refractivity contribution is 5.89. The van der Waals surface area contributed by atoms with Crippen molar-refractivity contribution in [3.8, 4) is 0 Å².